The topological polar surface area (TPSA) is 462 Å². The van der Waals surface area contributed by atoms with Crippen LogP contribution in [-0.2, 0) is 112 Å². The zero-order valence-corrected chi connectivity index (χ0v) is 63.1. The second-order valence-corrected chi connectivity index (χ2v) is 35.0. The molecule has 1 aromatic rings. The molecule has 0 radical (unpaired) electrons. The second kappa shape index (κ2) is 37.3. The molecule has 2 spiro atoms. The summed E-state index contributed by atoms with van der Waals surface area (Å²) in [5.74, 6) is -5.87. The lowest BCUT2D eigenvalue weighted by Crippen LogP contribution is -2.63. The zero-order chi connectivity index (χ0) is 76.1. The number of esters is 2. The largest absolute Gasteiger partial charge is 0.691 e. The minimum Gasteiger partial charge on any atom is -0.691 e. The molecule has 602 valence electrons. The first-order valence-corrected chi connectivity index (χ1v) is 39.5. The molecule has 5 N–H and O–H groups in total. The van der Waals surface area contributed by atoms with E-state index in [0.717, 1.165) is 61.7 Å². The Labute approximate surface area is 633 Å². The third kappa shape index (κ3) is 18.4. The third-order valence-electron chi connectivity index (χ3n) is 24.5. The maximum atomic E-state index is 13.9. The summed E-state index contributed by atoms with van der Waals surface area (Å²) in [7, 11) is -4.16. The highest BCUT2D eigenvalue weighted by molar-refractivity contribution is 7.91. The standard InChI is InChI=1S/C37H52O17S3.C30H46O16S2.CH4/c1-19(2)14-29(38)48-32-31(50-56-54-52-43)30(49-55-53-51-42)27(18-57(44,45)24-9-6-20(3)7-10-24)47-35(32)46-23-15-25(34(40)41)26-12-13-37-16-22(21(4)33(37)39)8-11-28(37)36(26,5)17-23;1-14(2)9-22(32)40-25-24(42-48-46-44-37)23(41-47-45-43-36)20(13-31)39-28(25)38-17-10-18(27(34)35)19-7-8-30-11-16(15(3)26(30)33)5-6-21(30)29(19,4)12-17;/h6-7,9-10,19,22-23,25-28,30-33,35,39,42-43H,4,8,11-18H2,1-3,5H3,(H,40,41);14,16-21,23-26,28,31,33,36-37H,3,5-13H2,1-2,4H3,(H,34,35);1H4/p-4/t22?,23?,25?,26?,27-,28?,30+,31-,32?,33-,35+,36?,37?;16?,17?,18?,19?,20-,21?,23+,24-,25?,26-,28+,29?,30?;/m00./s1. The van der Waals surface area contributed by atoms with Crippen LogP contribution in [0.1, 0.15) is 157 Å². The van der Waals surface area contributed by atoms with E-state index in [0.29, 0.717) is 32.1 Å². The second-order valence-electron chi connectivity index (χ2n) is 31.1. The Balaban J connectivity index is 0.000000246. The highest BCUT2D eigenvalue weighted by atomic mass is 32.2. The Bertz CT molecular complexity index is 3250. The van der Waals surface area contributed by atoms with Crippen LogP contribution in [0.25, 0.3) is 0 Å². The molecule has 106 heavy (non-hydrogen) atoms. The number of sulfone groups is 1. The summed E-state index contributed by atoms with van der Waals surface area (Å²) in [5, 5.41) is 111. The Morgan fingerprint density at radius 2 is 0.953 bits per heavy atom. The summed E-state index contributed by atoms with van der Waals surface area (Å²) < 4.78 is 105. The molecule has 4 bridgehead atoms. The molecule has 16 unspecified atom stereocenters. The van der Waals surface area contributed by atoms with Gasteiger partial charge in [0, 0.05) is 23.7 Å². The lowest BCUT2D eigenvalue weighted by molar-refractivity contribution is -0.778. The minimum atomic E-state index is -4.16. The van der Waals surface area contributed by atoms with Crippen LogP contribution in [0.5, 0.6) is 0 Å². The van der Waals surface area contributed by atoms with Gasteiger partial charge in [0.1, 0.15) is 36.6 Å². The van der Waals surface area contributed by atoms with E-state index in [9.17, 15) is 74.2 Å². The minimum absolute atomic E-state index is 0. The predicted molar refractivity (Wildman–Crippen MR) is 361 cm³/mol. The number of hydrogen-bond acceptors (Lipinski definition) is 35. The molecule has 2 heterocycles. The van der Waals surface area contributed by atoms with E-state index in [-0.39, 0.29) is 140 Å². The van der Waals surface area contributed by atoms with Crippen molar-refractivity contribution in [3.8, 4) is 0 Å². The van der Waals surface area contributed by atoms with Crippen LogP contribution in [-0.4, -0.2) is 156 Å². The molecule has 8 aliphatic carbocycles. The number of aliphatic carboxylic acids is 2. The van der Waals surface area contributed by atoms with Crippen molar-refractivity contribution in [2.45, 2.75) is 249 Å². The van der Waals surface area contributed by atoms with Crippen LogP contribution in [0.2, 0.25) is 0 Å². The van der Waals surface area contributed by atoms with Crippen LogP contribution in [0, 0.1) is 87.8 Å². The van der Waals surface area contributed by atoms with Crippen molar-refractivity contribution >= 4 is 83.0 Å². The summed E-state index contributed by atoms with van der Waals surface area (Å²) >= 11 is 0.251. The van der Waals surface area contributed by atoms with E-state index in [2.05, 4.69) is 64.5 Å². The summed E-state index contributed by atoms with van der Waals surface area (Å²) in [6.45, 7) is 21.0. The number of aliphatic hydroxyl groups is 3. The van der Waals surface area contributed by atoms with Crippen LogP contribution in [0.4, 0.5) is 0 Å². The van der Waals surface area contributed by atoms with E-state index in [1.165, 1.54) is 12.1 Å². The van der Waals surface area contributed by atoms with Gasteiger partial charge in [-0.05, 0) is 178 Å². The average Bonchev–Trinajstić information content (AvgIpc) is 1.41. The van der Waals surface area contributed by atoms with Crippen LogP contribution in [0.3, 0.4) is 0 Å². The highest BCUT2D eigenvalue weighted by Crippen LogP contribution is 2.73. The van der Waals surface area contributed by atoms with Gasteiger partial charge in [-0.2, -0.15) is 0 Å². The van der Waals surface area contributed by atoms with Gasteiger partial charge in [-0.1, -0.05) is 79.8 Å². The number of aryl methyl sites for hydroxylation is 1. The number of carboxylic acids is 2. The van der Waals surface area contributed by atoms with E-state index in [1.807, 2.05) is 13.8 Å². The highest BCUT2D eigenvalue weighted by Gasteiger charge is 2.69. The van der Waals surface area contributed by atoms with Crippen molar-refractivity contribution in [1.29, 1.82) is 0 Å². The number of ether oxygens (including phenoxy) is 6. The molecule has 10 aliphatic rings. The van der Waals surface area contributed by atoms with Gasteiger partial charge in [0.2, 0.25) is 0 Å². The first-order chi connectivity index (χ1) is 49.9. The number of benzene rings is 1. The fourth-order valence-corrected chi connectivity index (χ4v) is 23.4. The number of carbonyl (C=O) groups excluding carboxylic acids is 2. The smallest absolute Gasteiger partial charge is 0.306 e. The van der Waals surface area contributed by atoms with Gasteiger partial charge in [-0.25, -0.2) is 8.42 Å². The normalized spacial score (nSPS) is 39.5. The van der Waals surface area contributed by atoms with Crippen molar-refractivity contribution in [3.63, 3.8) is 0 Å². The fourth-order valence-electron chi connectivity index (χ4n) is 20.4. The van der Waals surface area contributed by atoms with Crippen molar-refractivity contribution in [3.05, 3.63) is 54.1 Å². The monoisotopic (exact) mass is 1600 g/mol. The molecular weight excluding hydrogens is 1510 g/mol. The maximum Gasteiger partial charge on any atom is 0.306 e. The van der Waals surface area contributed by atoms with Gasteiger partial charge >= 0.3 is 23.9 Å². The molecule has 33 nitrogen and oxygen atoms in total. The number of aliphatic hydroxyl groups excluding tert-OH is 3. The number of rotatable bonds is 32. The van der Waals surface area contributed by atoms with Crippen molar-refractivity contribution in [2.24, 2.45) is 80.8 Å². The van der Waals surface area contributed by atoms with E-state index >= 15 is 0 Å². The van der Waals surface area contributed by atoms with Gasteiger partial charge in [-0.15, -0.1) is 17.3 Å². The molecule has 1 aromatic carbocycles. The van der Waals surface area contributed by atoms with Crippen LogP contribution < -0.4 is 21.0 Å². The Morgan fingerprint density at radius 3 is 1.32 bits per heavy atom. The van der Waals surface area contributed by atoms with Gasteiger partial charge in [-0.3, -0.25) is 56.1 Å². The fraction of sp³-hybridized carbons (Fsp3) is 0.794. The van der Waals surface area contributed by atoms with E-state index in [4.69, 9.17) is 45.2 Å². The molecule has 11 rings (SSSR count). The molecule has 0 aromatic heterocycles. The van der Waals surface area contributed by atoms with Crippen molar-refractivity contribution in [1.82, 2.24) is 0 Å². The van der Waals surface area contributed by atoms with Crippen molar-refractivity contribution in [2.75, 3.05) is 12.4 Å². The SMILES string of the molecule is C.C=C1C2CCC3C4(C)CC(O[C@@H]5O[C@@H](CO)[C@@H](OSOO[O-])[C@H](OSOO[O-])C5OC(=O)CC(C)C)CC(C(=O)O)C4CCC3(C2)[C@H]1O.C=C1C2CCC3C4(C)CC(O[C@@H]5O[C@@H](CS(=O)(=O)c6ccc(C)cc6)[C@@H](OSOO[O-])[C@H](OSOO[O-])C5OC(=O)CC(C)C)CC(C(=O)O)C4CCC3(C2)[C@H]1O. The number of carboxylic acid groups (broad SMARTS) is 2. The summed E-state index contributed by atoms with van der Waals surface area (Å²) in [6.07, 6.45) is -8.90. The molecule has 8 saturated carbocycles. The van der Waals surface area contributed by atoms with Crippen LogP contribution >= 0.6 is 49.3 Å². The summed E-state index contributed by atoms with van der Waals surface area (Å²) in [5.41, 5.74) is 0.547. The zero-order valence-electron chi connectivity index (χ0n) is 59.0. The molecule has 0 amide bonds. The maximum absolute atomic E-state index is 13.9. The van der Waals surface area contributed by atoms with Gasteiger partial charge in [0.25, 0.3) is 0 Å². The first kappa shape index (κ1) is 87.0. The molecular formula is C68H98O33S5-4. The lowest BCUT2D eigenvalue weighted by Gasteiger charge is -2.62. The Morgan fingerprint density at radius 1 is 0.575 bits per heavy atom. The number of fused-ring (bicyclic) bond motifs is 6. The number of carbonyl (C=O) groups is 4. The third-order valence-corrected chi connectivity index (χ3v) is 27.9. The first-order valence-electron chi connectivity index (χ1n) is 35.2. The Kier molecular flexibility index (Phi) is 30.6. The molecule has 26 atom stereocenters. The predicted octanol–water partition coefficient (Wildman–Crippen LogP) is 5.70. The lowest BCUT2D eigenvalue weighted by atomic mass is 9.43. The molecule has 10 fully saturated rings. The Hall–Kier alpha value is -2.99. The summed E-state index contributed by atoms with van der Waals surface area (Å²) in [4.78, 5) is 52.2. The van der Waals surface area contributed by atoms with E-state index < -0.39 is 160 Å². The molecule has 2 saturated heterocycles. The number of hydrogen-bond donors (Lipinski definition) is 5. The van der Waals surface area contributed by atoms with Gasteiger partial charge < -0.3 is 75.0 Å². The van der Waals surface area contributed by atoms with Gasteiger partial charge in [0.05, 0.1) is 53.5 Å². The van der Waals surface area contributed by atoms with Crippen molar-refractivity contribution < 1.29 is 157 Å². The van der Waals surface area contributed by atoms with Crippen LogP contribution in [0.15, 0.2) is 53.5 Å². The molecule has 2 aliphatic heterocycles. The van der Waals surface area contributed by atoms with E-state index in [1.54, 1.807) is 32.9 Å². The quantitative estimate of drug-likeness (QED) is 0.0110. The van der Waals surface area contributed by atoms with Gasteiger partial charge in [0.15, 0.2) is 83.9 Å². The average molecular weight is 1600 g/mol. The summed E-state index contributed by atoms with van der Waals surface area (Å²) in [6, 6.07) is 6.09. The molecule has 38 heteroatoms.